The average molecular weight is 263 g/mol. The molecule has 5 nitrogen and oxygen atoms in total. The summed E-state index contributed by atoms with van der Waals surface area (Å²) in [5, 5.41) is 15.6. The topological polar surface area (TPSA) is 68.0 Å². The van der Waals surface area contributed by atoms with Crippen LogP contribution < -0.4 is 0 Å². The van der Waals surface area contributed by atoms with Crippen LogP contribution in [0.1, 0.15) is 40.3 Å². The first-order chi connectivity index (χ1) is 8.66. The van der Waals surface area contributed by atoms with Crippen molar-refractivity contribution in [3.05, 3.63) is 28.0 Å². The third kappa shape index (κ3) is 1.73. The van der Waals surface area contributed by atoms with E-state index in [0.29, 0.717) is 5.13 Å². The zero-order valence-corrected chi connectivity index (χ0v) is 10.8. The first-order valence-electron chi connectivity index (χ1n) is 5.93. The number of carboxylic acid groups (broad SMARTS) is 1. The molecule has 2 heterocycles. The lowest BCUT2D eigenvalue weighted by Gasteiger charge is -2.08. The molecule has 0 saturated heterocycles. The third-order valence-electron chi connectivity index (χ3n) is 3.31. The number of aromatic nitrogens is 3. The van der Waals surface area contributed by atoms with Gasteiger partial charge in [-0.25, -0.2) is 14.5 Å². The second-order valence-electron chi connectivity index (χ2n) is 4.45. The van der Waals surface area contributed by atoms with Crippen molar-refractivity contribution in [3.8, 4) is 5.13 Å². The van der Waals surface area contributed by atoms with E-state index >= 15 is 0 Å². The number of carbonyl (C=O) groups is 1. The van der Waals surface area contributed by atoms with Gasteiger partial charge in [-0.05, 0) is 38.2 Å². The fraction of sp³-hybridized carbons (Fsp3) is 0.417. The monoisotopic (exact) mass is 263 g/mol. The molecule has 0 radical (unpaired) electrons. The molecule has 0 amide bonds. The van der Waals surface area contributed by atoms with Crippen molar-refractivity contribution in [2.75, 3.05) is 0 Å². The second-order valence-corrected chi connectivity index (χ2v) is 5.29. The van der Waals surface area contributed by atoms with E-state index in [4.69, 9.17) is 5.11 Å². The maximum Gasteiger partial charge on any atom is 0.355 e. The van der Waals surface area contributed by atoms with Crippen LogP contribution in [-0.4, -0.2) is 25.8 Å². The zero-order chi connectivity index (χ0) is 12.7. The molecule has 1 aliphatic carbocycles. The number of hydrogen-bond donors (Lipinski definition) is 1. The molecule has 0 saturated carbocycles. The highest BCUT2D eigenvalue weighted by molar-refractivity contribution is 7.12. The van der Waals surface area contributed by atoms with E-state index < -0.39 is 5.97 Å². The Kier molecular flexibility index (Phi) is 2.66. The van der Waals surface area contributed by atoms with Crippen LogP contribution in [0.2, 0.25) is 0 Å². The van der Waals surface area contributed by atoms with E-state index in [1.807, 2.05) is 6.92 Å². The Morgan fingerprint density at radius 1 is 1.44 bits per heavy atom. The van der Waals surface area contributed by atoms with Crippen molar-refractivity contribution in [2.45, 2.75) is 32.6 Å². The highest BCUT2D eigenvalue weighted by atomic mass is 32.1. The first kappa shape index (κ1) is 11.4. The molecule has 2 aromatic heterocycles. The Balaban J connectivity index is 2.05. The Morgan fingerprint density at radius 2 is 2.22 bits per heavy atom. The maximum absolute atomic E-state index is 10.8. The first-order valence-corrected chi connectivity index (χ1v) is 6.81. The summed E-state index contributed by atoms with van der Waals surface area (Å²) in [5.41, 5.74) is 3.64. The maximum atomic E-state index is 10.8. The van der Waals surface area contributed by atoms with Crippen molar-refractivity contribution in [3.63, 3.8) is 0 Å². The molecule has 0 fully saturated rings. The van der Waals surface area contributed by atoms with Crippen molar-refractivity contribution >= 4 is 17.3 Å². The Labute approximate surface area is 108 Å². The minimum Gasteiger partial charge on any atom is -0.476 e. The van der Waals surface area contributed by atoms with E-state index in [-0.39, 0.29) is 5.69 Å². The van der Waals surface area contributed by atoms with Crippen molar-refractivity contribution in [1.82, 2.24) is 14.8 Å². The van der Waals surface area contributed by atoms with Gasteiger partial charge in [-0.15, -0.1) is 11.3 Å². The summed E-state index contributed by atoms with van der Waals surface area (Å²) in [7, 11) is 0. The molecular formula is C12H13N3O2S. The molecule has 0 atom stereocenters. The lowest BCUT2D eigenvalue weighted by Crippen LogP contribution is -2.01. The van der Waals surface area contributed by atoms with Gasteiger partial charge in [0.15, 0.2) is 5.69 Å². The van der Waals surface area contributed by atoms with Gasteiger partial charge in [-0.2, -0.15) is 5.10 Å². The summed E-state index contributed by atoms with van der Waals surface area (Å²) in [4.78, 5) is 14.9. The number of carboxylic acids is 1. The number of nitrogens with zero attached hydrogens (tertiary/aromatic N) is 3. The summed E-state index contributed by atoms with van der Waals surface area (Å²) in [6.07, 6.45) is 4.47. The quantitative estimate of drug-likeness (QED) is 0.902. The lowest BCUT2D eigenvalue weighted by atomic mass is 9.96. The van der Waals surface area contributed by atoms with E-state index in [1.165, 1.54) is 29.7 Å². The minimum atomic E-state index is -0.993. The van der Waals surface area contributed by atoms with Gasteiger partial charge >= 0.3 is 5.97 Å². The molecule has 18 heavy (non-hydrogen) atoms. The van der Waals surface area contributed by atoms with Crippen molar-refractivity contribution in [2.24, 2.45) is 0 Å². The minimum absolute atomic E-state index is 0.0860. The van der Waals surface area contributed by atoms with Crippen LogP contribution in [0.5, 0.6) is 0 Å². The Morgan fingerprint density at radius 3 is 2.89 bits per heavy atom. The van der Waals surface area contributed by atoms with E-state index in [9.17, 15) is 4.79 Å². The van der Waals surface area contributed by atoms with Crippen LogP contribution in [0.3, 0.4) is 0 Å². The number of rotatable bonds is 2. The predicted octanol–water partition coefficient (Wildman–Crippen LogP) is 2.21. The van der Waals surface area contributed by atoms with Crippen molar-refractivity contribution < 1.29 is 9.90 Å². The summed E-state index contributed by atoms with van der Waals surface area (Å²) < 4.78 is 1.78. The van der Waals surface area contributed by atoms with Crippen LogP contribution >= 0.6 is 11.3 Å². The molecule has 1 aliphatic rings. The van der Waals surface area contributed by atoms with Crippen LogP contribution in [-0.2, 0) is 12.8 Å². The molecule has 6 heteroatoms. The third-order valence-corrected chi connectivity index (χ3v) is 4.12. The standard InChI is InChI=1S/C12H13N3O2S/c1-7-8-4-2-3-5-9(8)14-15(7)12-13-10(6-18-12)11(16)17/h6H,2-5H2,1H3,(H,16,17). The van der Waals surface area contributed by atoms with Gasteiger partial charge in [0.05, 0.1) is 5.69 Å². The number of hydrogen-bond acceptors (Lipinski definition) is 4. The summed E-state index contributed by atoms with van der Waals surface area (Å²) in [5.74, 6) is -0.993. The largest absolute Gasteiger partial charge is 0.476 e. The van der Waals surface area contributed by atoms with Gasteiger partial charge in [-0.3, -0.25) is 0 Å². The van der Waals surface area contributed by atoms with Crippen LogP contribution in [0, 0.1) is 6.92 Å². The predicted molar refractivity (Wildman–Crippen MR) is 67.6 cm³/mol. The van der Waals surface area contributed by atoms with Gasteiger partial charge in [0.2, 0.25) is 5.13 Å². The molecular weight excluding hydrogens is 250 g/mol. The summed E-state index contributed by atoms with van der Waals surface area (Å²) in [6, 6.07) is 0. The molecule has 0 unspecified atom stereocenters. The van der Waals surface area contributed by atoms with Crippen molar-refractivity contribution in [1.29, 1.82) is 0 Å². The van der Waals surface area contributed by atoms with Gasteiger partial charge < -0.3 is 5.11 Å². The van der Waals surface area contributed by atoms with E-state index in [1.54, 1.807) is 10.1 Å². The van der Waals surface area contributed by atoms with Crippen LogP contribution in [0.15, 0.2) is 5.38 Å². The highest BCUT2D eigenvalue weighted by Gasteiger charge is 2.20. The smallest absolute Gasteiger partial charge is 0.355 e. The van der Waals surface area contributed by atoms with E-state index in [0.717, 1.165) is 24.2 Å². The summed E-state index contributed by atoms with van der Waals surface area (Å²) in [6.45, 7) is 2.03. The lowest BCUT2D eigenvalue weighted by molar-refractivity contribution is 0.0691. The Hall–Kier alpha value is -1.69. The molecule has 0 bridgehead atoms. The van der Waals surface area contributed by atoms with Gasteiger partial charge in [-0.1, -0.05) is 0 Å². The molecule has 0 aliphatic heterocycles. The molecule has 0 spiro atoms. The van der Waals surface area contributed by atoms with Gasteiger partial charge in [0.1, 0.15) is 0 Å². The van der Waals surface area contributed by atoms with Gasteiger partial charge in [0, 0.05) is 11.1 Å². The highest BCUT2D eigenvalue weighted by Crippen LogP contribution is 2.26. The second kappa shape index (κ2) is 4.20. The molecule has 0 aromatic carbocycles. The normalized spacial score (nSPS) is 14.5. The van der Waals surface area contributed by atoms with E-state index in [2.05, 4.69) is 10.1 Å². The fourth-order valence-corrected chi connectivity index (χ4v) is 3.16. The van der Waals surface area contributed by atoms with Crippen LogP contribution in [0.25, 0.3) is 5.13 Å². The average Bonchev–Trinajstić information content (AvgIpc) is 2.95. The van der Waals surface area contributed by atoms with Gasteiger partial charge in [0.25, 0.3) is 0 Å². The number of thiazole rings is 1. The fourth-order valence-electron chi connectivity index (χ4n) is 2.36. The molecule has 1 N–H and O–H groups in total. The molecule has 94 valence electrons. The number of aromatic carboxylic acids is 1. The SMILES string of the molecule is Cc1c2c(nn1-c1nc(C(=O)O)cs1)CCCC2. The zero-order valence-electron chi connectivity index (χ0n) is 10.0. The Bertz CT molecular complexity index is 615. The molecule has 2 aromatic rings. The number of fused-ring (bicyclic) bond motifs is 1. The molecule has 3 rings (SSSR count). The summed E-state index contributed by atoms with van der Waals surface area (Å²) >= 11 is 1.32. The number of aryl methyl sites for hydroxylation is 1. The van der Waals surface area contributed by atoms with Crippen LogP contribution in [0.4, 0.5) is 0 Å².